The molecule has 0 spiro atoms. The number of anilines is 1. The quantitative estimate of drug-likeness (QED) is 0.551. The first kappa shape index (κ1) is 17.1. The number of aliphatic hydroxyl groups excluding tert-OH is 1. The van der Waals surface area contributed by atoms with Gasteiger partial charge < -0.3 is 15.0 Å². The molecule has 0 saturated heterocycles. The first-order chi connectivity index (χ1) is 13.6. The first-order valence-corrected chi connectivity index (χ1v) is 9.31. The summed E-state index contributed by atoms with van der Waals surface area (Å²) in [5.74, 6) is 1.28. The molecule has 8 nitrogen and oxygen atoms in total. The van der Waals surface area contributed by atoms with Crippen molar-refractivity contribution in [1.29, 1.82) is 0 Å². The third-order valence-corrected chi connectivity index (χ3v) is 5.23. The van der Waals surface area contributed by atoms with E-state index < -0.39 is 6.67 Å². The minimum Gasteiger partial charge on any atom is -0.393 e. The first-order valence-electron chi connectivity index (χ1n) is 9.31. The number of hydrogen-bond acceptors (Lipinski definition) is 6. The highest BCUT2D eigenvalue weighted by molar-refractivity contribution is 5.82. The van der Waals surface area contributed by atoms with E-state index in [0.717, 1.165) is 28.1 Å². The number of aliphatic hydroxyl groups is 1. The van der Waals surface area contributed by atoms with Crippen LogP contribution in [0.5, 0.6) is 0 Å². The maximum atomic E-state index is 12.9. The molecule has 4 aromatic rings. The lowest BCUT2D eigenvalue weighted by Crippen LogP contribution is -2.39. The third kappa shape index (κ3) is 2.78. The zero-order valence-corrected chi connectivity index (χ0v) is 15.4. The van der Waals surface area contributed by atoms with Crippen LogP contribution < -0.4 is 5.32 Å². The van der Waals surface area contributed by atoms with Crippen molar-refractivity contribution in [3.8, 4) is 11.3 Å². The molecule has 9 heteroatoms. The fourth-order valence-corrected chi connectivity index (χ4v) is 3.69. The Morgan fingerprint density at radius 1 is 1.25 bits per heavy atom. The van der Waals surface area contributed by atoms with Crippen LogP contribution in [0.2, 0.25) is 0 Å². The molecule has 0 bridgehead atoms. The summed E-state index contributed by atoms with van der Waals surface area (Å²) in [5, 5.41) is 17.1. The zero-order chi connectivity index (χ0) is 19.3. The summed E-state index contributed by atoms with van der Waals surface area (Å²) in [6, 6.07) is 5.97. The summed E-state index contributed by atoms with van der Waals surface area (Å²) < 4.78 is 16.5. The molecule has 0 aromatic carbocycles. The van der Waals surface area contributed by atoms with Crippen molar-refractivity contribution in [2.75, 3.05) is 12.0 Å². The van der Waals surface area contributed by atoms with Gasteiger partial charge in [0.1, 0.15) is 18.0 Å². The Bertz CT molecular complexity index is 1160. The summed E-state index contributed by atoms with van der Waals surface area (Å²) in [7, 11) is 0. The lowest BCUT2D eigenvalue weighted by atomic mass is 9.90. The van der Waals surface area contributed by atoms with Gasteiger partial charge in [0, 0.05) is 17.8 Å². The highest BCUT2D eigenvalue weighted by atomic mass is 19.1. The Morgan fingerprint density at radius 2 is 2.11 bits per heavy atom. The molecule has 1 fully saturated rings. The van der Waals surface area contributed by atoms with Gasteiger partial charge in [0.15, 0.2) is 5.65 Å². The summed E-state index contributed by atoms with van der Waals surface area (Å²) in [6.07, 6.45) is 4.83. The van der Waals surface area contributed by atoms with Gasteiger partial charge in [-0.05, 0) is 38.0 Å². The van der Waals surface area contributed by atoms with Gasteiger partial charge >= 0.3 is 0 Å². The molecular formula is C19H20FN7O. The highest BCUT2D eigenvalue weighted by Gasteiger charge is 2.27. The van der Waals surface area contributed by atoms with Crippen molar-refractivity contribution in [2.24, 2.45) is 0 Å². The van der Waals surface area contributed by atoms with E-state index in [9.17, 15) is 9.50 Å². The Hall–Kier alpha value is -3.07. The second-order valence-electron chi connectivity index (χ2n) is 7.15. The third-order valence-electron chi connectivity index (χ3n) is 5.23. The molecule has 0 aliphatic heterocycles. The predicted octanol–water partition coefficient (Wildman–Crippen LogP) is 2.35. The fraction of sp³-hybridized carbons (Fsp3) is 0.368. The Morgan fingerprint density at radius 3 is 2.89 bits per heavy atom. The number of halogens is 1. The van der Waals surface area contributed by atoms with Crippen molar-refractivity contribution in [3.63, 3.8) is 0 Å². The van der Waals surface area contributed by atoms with Gasteiger partial charge in [-0.25, -0.2) is 23.9 Å². The smallest absolute Gasteiger partial charge is 0.241 e. The van der Waals surface area contributed by atoms with Crippen LogP contribution in [0.3, 0.4) is 0 Å². The van der Waals surface area contributed by atoms with E-state index in [1.165, 1.54) is 0 Å². The molecule has 2 N–H and O–H groups in total. The van der Waals surface area contributed by atoms with Crippen molar-refractivity contribution in [1.82, 2.24) is 29.1 Å². The SMILES string of the molecule is Cc1nc2ccc(-c3ccn4nc(NC5CC(O)C5)ncc34)nc2n1CCF. The minimum absolute atomic E-state index is 0.214. The molecule has 4 heterocycles. The molecule has 0 amide bonds. The number of nitrogens with zero attached hydrogens (tertiary/aromatic N) is 6. The molecule has 28 heavy (non-hydrogen) atoms. The van der Waals surface area contributed by atoms with E-state index in [2.05, 4.69) is 20.4 Å². The van der Waals surface area contributed by atoms with Crippen molar-refractivity contribution >= 4 is 22.6 Å². The van der Waals surface area contributed by atoms with E-state index in [1.807, 2.05) is 31.3 Å². The molecule has 144 valence electrons. The van der Waals surface area contributed by atoms with E-state index >= 15 is 0 Å². The van der Waals surface area contributed by atoms with Gasteiger partial charge in [-0.3, -0.25) is 0 Å². The van der Waals surface area contributed by atoms with Crippen LogP contribution in [0, 0.1) is 6.92 Å². The molecule has 0 unspecified atom stereocenters. The number of aryl methyl sites for hydroxylation is 2. The second kappa shape index (κ2) is 6.52. The monoisotopic (exact) mass is 381 g/mol. The number of hydrogen-bond donors (Lipinski definition) is 2. The molecule has 5 rings (SSSR count). The summed E-state index contributed by atoms with van der Waals surface area (Å²) in [5.41, 5.74) is 3.93. The van der Waals surface area contributed by atoms with Crippen LogP contribution in [-0.2, 0) is 6.54 Å². The van der Waals surface area contributed by atoms with Gasteiger partial charge in [-0.2, -0.15) is 0 Å². The number of alkyl halides is 1. The maximum Gasteiger partial charge on any atom is 0.241 e. The van der Waals surface area contributed by atoms with Gasteiger partial charge in [0.2, 0.25) is 5.95 Å². The van der Waals surface area contributed by atoms with Crippen LogP contribution in [-0.4, -0.2) is 53.1 Å². The number of pyridine rings is 1. The summed E-state index contributed by atoms with van der Waals surface area (Å²) in [4.78, 5) is 13.6. The van der Waals surface area contributed by atoms with Crippen LogP contribution in [0.4, 0.5) is 10.3 Å². The van der Waals surface area contributed by atoms with E-state index in [1.54, 1.807) is 15.3 Å². The van der Waals surface area contributed by atoms with Gasteiger partial charge in [0.25, 0.3) is 0 Å². The molecule has 0 atom stereocenters. The van der Waals surface area contributed by atoms with Gasteiger partial charge in [-0.1, -0.05) is 0 Å². The zero-order valence-electron chi connectivity index (χ0n) is 15.4. The molecule has 1 aliphatic carbocycles. The topological polar surface area (TPSA) is 93.2 Å². The lowest BCUT2D eigenvalue weighted by molar-refractivity contribution is 0.0833. The molecular weight excluding hydrogens is 361 g/mol. The molecule has 4 aromatic heterocycles. The lowest BCUT2D eigenvalue weighted by Gasteiger charge is -2.31. The number of rotatable bonds is 5. The van der Waals surface area contributed by atoms with Crippen LogP contribution >= 0.6 is 0 Å². The molecule has 1 aliphatic rings. The van der Waals surface area contributed by atoms with Crippen LogP contribution in [0.25, 0.3) is 27.9 Å². The number of aromatic nitrogens is 6. The van der Waals surface area contributed by atoms with Gasteiger partial charge in [0.05, 0.1) is 30.1 Å². The fourth-order valence-electron chi connectivity index (χ4n) is 3.69. The van der Waals surface area contributed by atoms with Gasteiger partial charge in [-0.15, -0.1) is 5.10 Å². The molecule has 0 radical (unpaired) electrons. The van der Waals surface area contributed by atoms with E-state index in [4.69, 9.17) is 4.98 Å². The second-order valence-corrected chi connectivity index (χ2v) is 7.15. The highest BCUT2D eigenvalue weighted by Crippen LogP contribution is 2.27. The average Bonchev–Trinajstić information content (AvgIpc) is 3.21. The largest absolute Gasteiger partial charge is 0.393 e. The Balaban J connectivity index is 1.51. The van der Waals surface area contributed by atoms with Crippen molar-refractivity contribution in [3.05, 3.63) is 36.4 Å². The number of nitrogens with one attached hydrogen (secondary N) is 1. The van der Waals surface area contributed by atoms with Crippen molar-refractivity contribution in [2.45, 2.75) is 38.5 Å². The van der Waals surface area contributed by atoms with Crippen LogP contribution in [0.15, 0.2) is 30.6 Å². The Kier molecular flexibility index (Phi) is 3.97. The number of imidazole rings is 1. The van der Waals surface area contributed by atoms with E-state index in [0.29, 0.717) is 24.4 Å². The standard InChI is InChI=1S/C19H20FN7O/c1-11-22-16-3-2-15(24-18(16)26(11)7-5-20)14-4-6-27-17(14)10-21-19(25-27)23-12-8-13(28)9-12/h2-4,6,10,12-13,28H,5,7-9H2,1H3,(H,23,25). The minimum atomic E-state index is -0.463. The summed E-state index contributed by atoms with van der Waals surface area (Å²) >= 11 is 0. The Labute approximate surface area is 160 Å². The van der Waals surface area contributed by atoms with Crippen LogP contribution in [0.1, 0.15) is 18.7 Å². The number of fused-ring (bicyclic) bond motifs is 2. The predicted molar refractivity (Wildman–Crippen MR) is 103 cm³/mol. The maximum absolute atomic E-state index is 12.9. The van der Waals surface area contributed by atoms with Crippen molar-refractivity contribution < 1.29 is 9.50 Å². The summed E-state index contributed by atoms with van der Waals surface area (Å²) in [6.45, 7) is 1.63. The normalized spacial score (nSPS) is 19.2. The average molecular weight is 381 g/mol. The molecule has 1 saturated carbocycles. The van der Waals surface area contributed by atoms with E-state index in [-0.39, 0.29) is 18.7 Å².